The summed E-state index contributed by atoms with van der Waals surface area (Å²) in [5, 5.41) is 4.31. The Balaban J connectivity index is 2.16. The van der Waals surface area contributed by atoms with E-state index in [1.165, 1.54) is 0 Å². The lowest BCUT2D eigenvalue weighted by Gasteiger charge is -2.34. The number of aromatic nitrogens is 2. The largest absolute Gasteiger partial charge is 0.395 e. The third-order valence-corrected chi connectivity index (χ3v) is 3.78. The molecule has 0 aromatic carbocycles. The molecule has 1 amide bonds. The molecule has 1 saturated heterocycles. The normalized spacial score (nSPS) is 16.9. The molecular weight excluding hydrogens is 242 g/mol. The Labute approximate surface area is 114 Å². The standard InChI is InChI=1S/C13H23N5O/c1-4-16-6-8-17(9-7-16)13(19)12-11(14)10(3)15-18(12)5-2/h4-9,14H2,1-3H3. The van der Waals surface area contributed by atoms with Crippen LogP contribution in [0.3, 0.4) is 0 Å². The number of carbonyl (C=O) groups is 1. The second-order valence-electron chi connectivity index (χ2n) is 4.89. The first kappa shape index (κ1) is 13.9. The van der Waals surface area contributed by atoms with Gasteiger partial charge in [-0.15, -0.1) is 0 Å². The Hall–Kier alpha value is -1.56. The van der Waals surface area contributed by atoms with E-state index >= 15 is 0 Å². The van der Waals surface area contributed by atoms with Crippen molar-refractivity contribution in [3.63, 3.8) is 0 Å². The molecule has 0 atom stereocenters. The fraction of sp³-hybridized carbons (Fsp3) is 0.692. The second-order valence-corrected chi connectivity index (χ2v) is 4.89. The number of amides is 1. The van der Waals surface area contributed by atoms with E-state index in [0.29, 0.717) is 17.9 Å². The quantitative estimate of drug-likeness (QED) is 0.867. The number of hydrogen-bond donors (Lipinski definition) is 1. The van der Waals surface area contributed by atoms with Gasteiger partial charge >= 0.3 is 0 Å². The van der Waals surface area contributed by atoms with Crippen LogP contribution in [-0.2, 0) is 6.54 Å². The van der Waals surface area contributed by atoms with E-state index in [1.807, 2.05) is 18.7 Å². The summed E-state index contributed by atoms with van der Waals surface area (Å²) in [6.45, 7) is 11.0. The average molecular weight is 265 g/mol. The monoisotopic (exact) mass is 265 g/mol. The predicted molar refractivity (Wildman–Crippen MR) is 75.1 cm³/mol. The zero-order valence-corrected chi connectivity index (χ0v) is 12.0. The molecule has 1 aromatic rings. The predicted octanol–water partition coefficient (Wildman–Crippen LogP) is 0.571. The van der Waals surface area contributed by atoms with Gasteiger partial charge in [-0.25, -0.2) is 0 Å². The molecule has 2 N–H and O–H groups in total. The Bertz CT molecular complexity index is 460. The lowest BCUT2D eigenvalue weighted by molar-refractivity contribution is 0.0632. The fourth-order valence-electron chi connectivity index (χ4n) is 2.47. The molecule has 19 heavy (non-hydrogen) atoms. The summed E-state index contributed by atoms with van der Waals surface area (Å²) in [5.41, 5.74) is 7.80. The first-order chi connectivity index (χ1) is 9.08. The number of likely N-dealkylation sites (N-methyl/N-ethyl adjacent to an activating group) is 1. The first-order valence-electron chi connectivity index (χ1n) is 6.93. The van der Waals surface area contributed by atoms with Gasteiger partial charge in [0.15, 0.2) is 0 Å². The van der Waals surface area contributed by atoms with Crippen LogP contribution in [0.1, 0.15) is 30.0 Å². The molecular formula is C13H23N5O. The smallest absolute Gasteiger partial charge is 0.274 e. The van der Waals surface area contributed by atoms with Gasteiger partial charge in [0.05, 0.1) is 11.4 Å². The number of nitrogens with two attached hydrogens (primary N) is 1. The van der Waals surface area contributed by atoms with Gasteiger partial charge in [-0.1, -0.05) is 6.92 Å². The van der Waals surface area contributed by atoms with Crippen molar-refractivity contribution < 1.29 is 4.79 Å². The number of nitrogens with zero attached hydrogens (tertiary/aromatic N) is 4. The number of aryl methyl sites for hydroxylation is 2. The van der Waals surface area contributed by atoms with E-state index < -0.39 is 0 Å². The van der Waals surface area contributed by atoms with Gasteiger partial charge in [0, 0.05) is 32.7 Å². The van der Waals surface area contributed by atoms with Crippen LogP contribution in [0.4, 0.5) is 5.69 Å². The molecule has 0 aliphatic carbocycles. The third-order valence-electron chi connectivity index (χ3n) is 3.78. The van der Waals surface area contributed by atoms with Crippen molar-refractivity contribution in [3.05, 3.63) is 11.4 Å². The first-order valence-corrected chi connectivity index (χ1v) is 6.93. The maximum absolute atomic E-state index is 12.6. The molecule has 2 rings (SSSR count). The van der Waals surface area contributed by atoms with E-state index in [0.717, 1.165) is 38.4 Å². The molecule has 6 nitrogen and oxygen atoms in total. The minimum atomic E-state index is 0.00991. The highest BCUT2D eigenvalue weighted by molar-refractivity contribution is 5.98. The summed E-state index contributed by atoms with van der Waals surface area (Å²) in [6, 6.07) is 0. The molecule has 0 saturated carbocycles. The number of nitrogen functional groups attached to an aromatic ring is 1. The number of hydrogen-bond acceptors (Lipinski definition) is 4. The van der Waals surface area contributed by atoms with Gasteiger partial charge in [-0.3, -0.25) is 9.48 Å². The summed E-state index contributed by atoms with van der Waals surface area (Å²) in [7, 11) is 0. The van der Waals surface area contributed by atoms with Gasteiger partial charge in [-0.2, -0.15) is 5.10 Å². The highest BCUT2D eigenvalue weighted by Crippen LogP contribution is 2.19. The Kier molecular flexibility index (Phi) is 4.09. The van der Waals surface area contributed by atoms with Gasteiger partial charge in [0.1, 0.15) is 5.69 Å². The Morgan fingerprint density at radius 3 is 2.37 bits per heavy atom. The van der Waals surface area contributed by atoms with Crippen LogP contribution < -0.4 is 5.73 Å². The minimum absolute atomic E-state index is 0.00991. The summed E-state index contributed by atoms with van der Waals surface area (Å²) in [6.07, 6.45) is 0. The van der Waals surface area contributed by atoms with Crippen LogP contribution >= 0.6 is 0 Å². The molecule has 0 spiro atoms. The van der Waals surface area contributed by atoms with E-state index in [-0.39, 0.29) is 5.91 Å². The third kappa shape index (κ3) is 2.58. The van der Waals surface area contributed by atoms with Crippen molar-refractivity contribution in [1.29, 1.82) is 0 Å². The van der Waals surface area contributed by atoms with Crippen molar-refractivity contribution in [1.82, 2.24) is 19.6 Å². The van der Waals surface area contributed by atoms with Crippen LogP contribution in [0.15, 0.2) is 0 Å². The summed E-state index contributed by atoms with van der Waals surface area (Å²) >= 11 is 0. The number of rotatable bonds is 3. The van der Waals surface area contributed by atoms with E-state index in [2.05, 4.69) is 16.9 Å². The molecule has 1 aliphatic rings. The number of carbonyl (C=O) groups excluding carboxylic acids is 1. The minimum Gasteiger partial charge on any atom is -0.395 e. The van der Waals surface area contributed by atoms with Crippen LogP contribution in [0.25, 0.3) is 0 Å². The lowest BCUT2D eigenvalue weighted by Crippen LogP contribution is -2.49. The van der Waals surface area contributed by atoms with Crippen LogP contribution in [0.5, 0.6) is 0 Å². The average Bonchev–Trinajstić information content (AvgIpc) is 2.73. The molecule has 1 fully saturated rings. The number of anilines is 1. The molecule has 0 bridgehead atoms. The van der Waals surface area contributed by atoms with Gasteiger partial charge in [-0.05, 0) is 20.4 Å². The zero-order valence-electron chi connectivity index (χ0n) is 12.0. The molecule has 6 heteroatoms. The highest BCUT2D eigenvalue weighted by Gasteiger charge is 2.26. The van der Waals surface area contributed by atoms with Gasteiger partial charge < -0.3 is 15.5 Å². The van der Waals surface area contributed by atoms with Crippen LogP contribution in [0, 0.1) is 6.92 Å². The van der Waals surface area contributed by atoms with Crippen molar-refractivity contribution in [2.75, 3.05) is 38.5 Å². The van der Waals surface area contributed by atoms with E-state index in [4.69, 9.17) is 5.73 Å². The van der Waals surface area contributed by atoms with E-state index in [1.54, 1.807) is 4.68 Å². The van der Waals surface area contributed by atoms with Crippen molar-refractivity contribution in [2.45, 2.75) is 27.3 Å². The van der Waals surface area contributed by atoms with Crippen molar-refractivity contribution >= 4 is 11.6 Å². The SMILES string of the molecule is CCN1CCN(C(=O)c2c(N)c(C)nn2CC)CC1. The summed E-state index contributed by atoms with van der Waals surface area (Å²) < 4.78 is 1.71. The van der Waals surface area contributed by atoms with Crippen LogP contribution in [0.2, 0.25) is 0 Å². The molecule has 1 aliphatic heterocycles. The molecule has 0 unspecified atom stereocenters. The van der Waals surface area contributed by atoms with Crippen LogP contribution in [-0.4, -0.2) is 58.2 Å². The summed E-state index contributed by atoms with van der Waals surface area (Å²) in [5.74, 6) is 0.00991. The molecule has 2 heterocycles. The maximum atomic E-state index is 12.6. The molecule has 1 aromatic heterocycles. The Morgan fingerprint density at radius 1 is 1.21 bits per heavy atom. The fourth-order valence-corrected chi connectivity index (χ4v) is 2.47. The zero-order chi connectivity index (χ0) is 14.0. The number of piperazine rings is 1. The second kappa shape index (κ2) is 5.61. The summed E-state index contributed by atoms with van der Waals surface area (Å²) in [4.78, 5) is 16.8. The topological polar surface area (TPSA) is 67.4 Å². The van der Waals surface area contributed by atoms with E-state index in [9.17, 15) is 4.79 Å². The Morgan fingerprint density at radius 2 is 1.84 bits per heavy atom. The molecule has 0 radical (unpaired) electrons. The van der Waals surface area contributed by atoms with Gasteiger partial charge in [0.25, 0.3) is 5.91 Å². The highest BCUT2D eigenvalue weighted by atomic mass is 16.2. The lowest BCUT2D eigenvalue weighted by atomic mass is 10.2. The maximum Gasteiger partial charge on any atom is 0.274 e. The molecule has 106 valence electrons. The van der Waals surface area contributed by atoms with Crippen molar-refractivity contribution in [2.24, 2.45) is 0 Å². The van der Waals surface area contributed by atoms with Crippen molar-refractivity contribution in [3.8, 4) is 0 Å². The van der Waals surface area contributed by atoms with Gasteiger partial charge in [0.2, 0.25) is 0 Å².